The summed E-state index contributed by atoms with van der Waals surface area (Å²) in [5, 5.41) is 12.1. The molecular weight excluding hydrogens is 642 g/mol. The molecule has 0 unspecified atom stereocenters. The Bertz CT molecular complexity index is 1540. The maximum atomic E-state index is 16.3. The molecule has 1 aromatic heterocycles. The molecule has 0 saturated carbocycles. The largest absolute Gasteiger partial charge is 0.455 e. The number of aromatic nitrogens is 3. The second-order valence-electron chi connectivity index (χ2n) is 14.8. The average Bonchev–Trinajstić information content (AvgIpc) is 3.65. The number of rotatable bonds is 9. The van der Waals surface area contributed by atoms with Crippen molar-refractivity contribution >= 4 is 31.4 Å². The predicted octanol–water partition coefficient (Wildman–Crippen LogP) is 4.15. The van der Waals surface area contributed by atoms with E-state index in [1.807, 2.05) is 52.2 Å². The number of methoxy groups -OCH3 is 1. The lowest BCUT2D eigenvalue weighted by Crippen LogP contribution is -2.61. The first-order chi connectivity index (χ1) is 23.5. The molecular formula is C36H54BFN6O6. The summed E-state index contributed by atoms with van der Waals surface area (Å²) in [6.07, 6.45) is 3.65. The van der Waals surface area contributed by atoms with E-state index < -0.39 is 58.6 Å². The zero-order chi connectivity index (χ0) is 37.0. The number of nitrogen functional groups attached to an aromatic ring is 1. The second kappa shape index (κ2) is 15.6. The smallest absolute Gasteiger partial charge is 0.410 e. The van der Waals surface area contributed by atoms with Crippen molar-refractivity contribution in [2.75, 3.05) is 25.9 Å². The first kappa shape index (κ1) is 39.0. The highest BCUT2D eigenvalue weighted by molar-refractivity contribution is 6.17. The van der Waals surface area contributed by atoms with Crippen LogP contribution in [0.25, 0.3) is 11.3 Å². The van der Waals surface area contributed by atoms with Crippen LogP contribution in [0.15, 0.2) is 43.1 Å². The molecule has 2 fully saturated rings. The van der Waals surface area contributed by atoms with Gasteiger partial charge in [-0.05, 0) is 77.4 Å². The van der Waals surface area contributed by atoms with Crippen molar-refractivity contribution in [2.45, 2.75) is 115 Å². The van der Waals surface area contributed by atoms with E-state index in [9.17, 15) is 14.4 Å². The van der Waals surface area contributed by atoms with Crippen LogP contribution in [0.3, 0.4) is 0 Å². The van der Waals surface area contributed by atoms with Crippen LogP contribution >= 0.6 is 0 Å². The van der Waals surface area contributed by atoms with Crippen LogP contribution in [0.5, 0.6) is 0 Å². The van der Waals surface area contributed by atoms with Gasteiger partial charge in [-0.3, -0.25) is 14.4 Å². The molecule has 1 aromatic carbocycles. The molecule has 2 aliphatic heterocycles. The fourth-order valence-electron chi connectivity index (χ4n) is 7.57. The molecule has 14 heteroatoms. The number of amides is 1. The summed E-state index contributed by atoms with van der Waals surface area (Å²) in [5.74, 6) is -3.39. The zero-order valence-electron chi connectivity index (χ0n) is 30.8. The number of hydrogen-bond donors (Lipinski definition) is 2. The van der Waals surface area contributed by atoms with E-state index in [0.29, 0.717) is 50.3 Å². The Morgan fingerprint density at radius 1 is 1.18 bits per heavy atom. The van der Waals surface area contributed by atoms with Gasteiger partial charge >= 0.3 is 12.1 Å². The number of unbranched alkanes of at least 4 members (excludes halogenated alkanes) is 1. The van der Waals surface area contributed by atoms with E-state index >= 15 is 4.39 Å². The lowest BCUT2D eigenvalue weighted by atomic mass is 9.62. The number of nitrogens with two attached hydrogens (primary N) is 1. The van der Waals surface area contributed by atoms with Gasteiger partial charge in [0.25, 0.3) is 5.67 Å². The number of nitrogens with one attached hydrogen (secondary N) is 1. The van der Waals surface area contributed by atoms with Gasteiger partial charge in [-0.15, -0.1) is 11.7 Å². The maximum absolute atomic E-state index is 16.3. The second-order valence-corrected chi connectivity index (χ2v) is 14.8. The quantitative estimate of drug-likeness (QED) is 0.0978. The van der Waals surface area contributed by atoms with Crippen LogP contribution in [-0.2, 0) is 30.3 Å². The number of carbonyl (C=O) groups excluding carboxylic acids is 3. The number of carbonyl (C=O) groups is 3. The van der Waals surface area contributed by atoms with Gasteiger partial charge in [-0.1, -0.05) is 37.3 Å². The van der Waals surface area contributed by atoms with E-state index in [4.69, 9.17) is 19.9 Å². The normalized spacial score (nSPS) is 34.3. The van der Waals surface area contributed by atoms with Gasteiger partial charge < -0.3 is 25.3 Å². The number of aryl methyl sites for hydroxylation is 1. The number of hydrogen-bond acceptors (Lipinski definition) is 10. The fourth-order valence-corrected chi connectivity index (χ4v) is 7.57. The first-order valence-corrected chi connectivity index (χ1v) is 17.6. The van der Waals surface area contributed by atoms with Crippen LogP contribution in [0.1, 0.15) is 67.2 Å². The number of ether oxygens (including phenoxy) is 3. The van der Waals surface area contributed by atoms with Crippen molar-refractivity contribution in [1.29, 1.82) is 0 Å². The average molecular weight is 697 g/mol. The molecule has 2 saturated heterocycles. The van der Waals surface area contributed by atoms with Crippen LogP contribution in [0.4, 0.5) is 14.9 Å². The monoisotopic (exact) mass is 696 g/mol. The summed E-state index contributed by atoms with van der Waals surface area (Å²) in [6.45, 7) is 15.5. The molecule has 0 radical (unpaired) electrons. The summed E-state index contributed by atoms with van der Waals surface area (Å²) in [6, 6.07) is 6.50. The van der Waals surface area contributed by atoms with Crippen molar-refractivity contribution in [3.8, 4) is 11.3 Å². The minimum atomic E-state index is -2.94. The Morgan fingerprint density at radius 3 is 2.54 bits per heavy atom. The van der Waals surface area contributed by atoms with Crippen molar-refractivity contribution in [3.63, 3.8) is 0 Å². The van der Waals surface area contributed by atoms with Crippen molar-refractivity contribution < 1.29 is 33.0 Å². The van der Waals surface area contributed by atoms with E-state index in [0.717, 1.165) is 12.5 Å². The number of nitrogens with zero attached hydrogens (tertiary/aromatic N) is 4. The lowest BCUT2D eigenvalue weighted by Gasteiger charge is -2.41. The van der Waals surface area contributed by atoms with E-state index in [1.165, 1.54) is 6.08 Å². The highest BCUT2D eigenvalue weighted by Gasteiger charge is 2.59. The number of esters is 1. The van der Waals surface area contributed by atoms with Gasteiger partial charge in [0, 0.05) is 49.8 Å². The SMILES string of the molecule is B[C@@H]1[C@@H](C)C(=O)[C@](C)(F)C(=O)O[C@H](CC=C)[C@@]2(C)OC(=O)N(CCCCn3cc(-c4cccc(N)c4)nn3)[C@@H]2[C@@H](C)NC[C@H](C)C[C@@]1(C)OC. The standard InChI is InChI=1S/C36H54BFN6O6/c1-9-13-28-36(7)30(44(33(47)50-36)17-11-10-16-43-21-27(41-42-43)25-14-12-15-26(39)18-25)24(4)40-20-22(2)19-34(5,48-8)29(37)23(3)31(45)35(6,38)32(46)49-28/h9,12,14-15,18,21-24,28-30,40H,1,10-11,13,16-17,19-20,37,39H2,2-8H3/t22-,23-,24-,28-,29-,30-,34-,35+,36-/m1/s1. The molecule has 0 aliphatic carbocycles. The first-order valence-electron chi connectivity index (χ1n) is 17.6. The number of fused-ring (bicyclic) bond motifs is 1. The molecule has 1 amide bonds. The van der Waals surface area contributed by atoms with E-state index in [1.54, 1.807) is 30.5 Å². The third-order valence-corrected chi connectivity index (χ3v) is 10.9. The molecule has 3 heterocycles. The van der Waals surface area contributed by atoms with Crippen LogP contribution in [-0.4, -0.2) is 101 Å². The highest BCUT2D eigenvalue weighted by atomic mass is 19.1. The molecule has 50 heavy (non-hydrogen) atoms. The number of cyclic esters (lactones) is 1. The summed E-state index contributed by atoms with van der Waals surface area (Å²) >= 11 is 0. The van der Waals surface area contributed by atoms with Crippen molar-refractivity contribution in [2.24, 2.45) is 11.8 Å². The van der Waals surface area contributed by atoms with Crippen molar-refractivity contribution in [1.82, 2.24) is 25.2 Å². The molecule has 2 aliphatic rings. The number of Topliss-reactive ketones (excluding diaryl/α,β-unsaturated/α-hetero) is 1. The van der Waals surface area contributed by atoms with Crippen LogP contribution < -0.4 is 11.1 Å². The minimum Gasteiger partial charge on any atom is -0.455 e. The molecule has 274 valence electrons. The zero-order valence-corrected chi connectivity index (χ0v) is 30.8. The Morgan fingerprint density at radius 2 is 1.88 bits per heavy atom. The van der Waals surface area contributed by atoms with Gasteiger partial charge in [0.05, 0.1) is 17.8 Å². The van der Waals surface area contributed by atoms with Gasteiger partial charge in [0.2, 0.25) is 0 Å². The maximum Gasteiger partial charge on any atom is 0.410 e. The molecule has 4 rings (SSSR count). The Hall–Kier alpha value is -3.78. The number of halogens is 1. The predicted molar refractivity (Wildman–Crippen MR) is 192 cm³/mol. The Balaban J connectivity index is 1.59. The summed E-state index contributed by atoms with van der Waals surface area (Å²) in [4.78, 5) is 42.5. The Kier molecular flexibility index (Phi) is 12.2. The van der Waals surface area contributed by atoms with Crippen LogP contribution in [0, 0.1) is 11.8 Å². The molecule has 9 atom stereocenters. The summed E-state index contributed by atoms with van der Waals surface area (Å²) in [5.41, 5.74) is 3.03. The van der Waals surface area contributed by atoms with Gasteiger partial charge in [-0.25, -0.2) is 14.0 Å². The third kappa shape index (κ3) is 8.06. The van der Waals surface area contributed by atoms with Gasteiger partial charge in [-0.2, -0.15) is 0 Å². The molecule has 3 N–H and O–H groups in total. The molecule has 12 nitrogen and oxygen atoms in total. The third-order valence-electron chi connectivity index (χ3n) is 10.9. The van der Waals surface area contributed by atoms with Crippen LogP contribution in [0.2, 0.25) is 5.82 Å². The number of alkyl halides is 1. The molecule has 0 spiro atoms. The number of benzene rings is 1. The van der Waals surface area contributed by atoms with Crippen molar-refractivity contribution in [3.05, 3.63) is 43.1 Å². The van der Waals surface area contributed by atoms with E-state index in [2.05, 4.69) is 29.1 Å². The van der Waals surface area contributed by atoms with Gasteiger partial charge in [0.15, 0.2) is 11.4 Å². The molecule has 0 bridgehead atoms. The lowest BCUT2D eigenvalue weighted by molar-refractivity contribution is -0.178. The number of ketones is 1. The molecule has 2 aromatic rings. The minimum absolute atomic E-state index is 0.0721. The fraction of sp³-hybridized carbons (Fsp3) is 0.639. The van der Waals surface area contributed by atoms with Gasteiger partial charge in [0.1, 0.15) is 19.6 Å². The topological polar surface area (TPSA) is 151 Å². The summed E-state index contributed by atoms with van der Waals surface area (Å²) < 4.78 is 35.9. The highest BCUT2D eigenvalue weighted by Crippen LogP contribution is 2.41. The van der Waals surface area contributed by atoms with E-state index in [-0.39, 0.29) is 18.4 Å². The Labute approximate surface area is 296 Å². The summed E-state index contributed by atoms with van der Waals surface area (Å²) in [7, 11) is 3.43. The number of anilines is 1.